The Morgan fingerprint density at radius 2 is 1.61 bits per heavy atom. The normalized spacial score (nSPS) is 14.8. The monoisotopic (exact) mass is 393 g/mol. The van der Waals surface area contributed by atoms with Crippen LogP contribution in [0.2, 0.25) is 0 Å². The summed E-state index contributed by atoms with van der Waals surface area (Å²) >= 11 is 0. The van der Waals surface area contributed by atoms with Crippen LogP contribution in [0, 0.1) is 13.8 Å². The highest BCUT2D eigenvalue weighted by atomic mass is 16.6. The molecule has 1 aliphatic heterocycles. The van der Waals surface area contributed by atoms with Crippen LogP contribution in [0.5, 0.6) is 0 Å². The first-order chi connectivity index (χ1) is 13.0. The number of ether oxygens (including phenoxy) is 2. The third-order valence-corrected chi connectivity index (χ3v) is 4.65. The SMILES string of the molecule is CCOC(=O)c1cc(C)n(CC(=O)N2CCN(C(=O)OC(C)(C)C)CC2)c1C. The second-order valence-electron chi connectivity index (χ2n) is 7.94. The number of hydrogen-bond donors (Lipinski definition) is 0. The van der Waals surface area contributed by atoms with E-state index < -0.39 is 5.60 Å². The van der Waals surface area contributed by atoms with Crippen LogP contribution in [0.1, 0.15) is 49.4 Å². The Hall–Kier alpha value is -2.51. The summed E-state index contributed by atoms with van der Waals surface area (Å²) in [5.74, 6) is -0.415. The number of nitrogens with zero attached hydrogens (tertiary/aromatic N) is 3. The Kier molecular flexibility index (Phi) is 6.74. The number of amides is 2. The van der Waals surface area contributed by atoms with Crippen molar-refractivity contribution in [3.8, 4) is 0 Å². The zero-order valence-corrected chi connectivity index (χ0v) is 17.7. The lowest BCUT2D eigenvalue weighted by atomic mass is 10.2. The lowest BCUT2D eigenvalue weighted by Crippen LogP contribution is -2.52. The third kappa shape index (κ3) is 5.27. The molecule has 0 aromatic carbocycles. The molecule has 1 aliphatic rings. The van der Waals surface area contributed by atoms with Crippen molar-refractivity contribution in [2.45, 2.75) is 53.7 Å². The van der Waals surface area contributed by atoms with E-state index in [9.17, 15) is 14.4 Å². The molecule has 0 radical (unpaired) electrons. The van der Waals surface area contributed by atoms with E-state index in [0.29, 0.717) is 38.3 Å². The summed E-state index contributed by atoms with van der Waals surface area (Å²) in [6.45, 7) is 13.2. The van der Waals surface area contributed by atoms with Crippen LogP contribution in [-0.4, -0.2) is 70.7 Å². The first kappa shape index (κ1) is 21.8. The van der Waals surface area contributed by atoms with Crippen LogP contribution in [0.15, 0.2) is 6.07 Å². The van der Waals surface area contributed by atoms with Crippen LogP contribution in [0.25, 0.3) is 0 Å². The van der Waals surface area contributed by atoms with Gasteiger partial charge in [0, 0.05) is 37.6 Å². The van der Waals surface area contributed by atoms with Gasteiger partial charge in [-0.2, -0.15) is 0 Å². The number of aromatic nitrogens is 1. The first-order valence-electron chi connectivity index (χ1n) is 9.63. The quantitative estimate of drug-likeness (QED) is 0.734. The number of rotatable bonds is 4. The summed E-state index contributed by atoms with van der Waals surface area (Å²) in [7, 11) is 0. The zero-order chi connectivity index (χ0) is 21.1. The molecular formula is C20H31N3O5. The van der Waals surface area contributed by atoms with Gasteiger partial charge in [0.05, 0.1) is 12.2 Å². The summed E-state index contributed by atoms with van der Waals surface area (Å²) in [6.07, 6.45) is -0.351. The average Bonchev–Trinajstić information content (AvgIpc) is 2.89. The summed E-state index contributed by atoms with van der Waals surface area (Å²) in [4.78, 5) is 40.3. The zero-order valence-electron chi connectivity index (χ0n) is 17.7. The molecule has 1 aromatic rings. The van der Waals surface area contributed by atoms with E-state index in [1.54, 1.807) is 22.8 Å². The molecule has 156 valence electrons. The van der Waals surface area contributed by atoms with Gasteiger partial charge in [-0.3, -0.25) is 4.79 Å². The summed E-state index contributed by atoms with van der Waals surface area (Å²) in [5.41, 5.74) is 1.50. The lowest BCUT2D eigenvalue weighted by molar-refractivity contribution is -0.133. The molecule has 0 unspecified atom stereocenters. The Balaban J connectivity index is 1.96. The maximum Gasteiger partial charge on any atom is 0.410 e. The summed E-state index contributed by atoms with van der Waals surface area (Å²) in [5, 5.41) is 0. The van der Waals surface area contributed by atoms with Crippen molar-refractivity contribution < 1.29 is 23.9 Å². The molecule has 8 nitrogen and oxygen atoms in total. The molecule has 2 rings (SSSR count). The molecule has 1 aromatic heterocycles. The molecule has 0 aliphatic carbocycles. The Bertz CT molecular complexity index is 740. The second kappa shape index (κ2) is 8.67. The Morgan fingerprint density at radius 1 is 1.04 bits per heavy atom. The fraction of sp³-hybridized carbons (Fsp3) is 0.650. The largest absolute Gasteiger partial charge is 0.462 e. The van der Waals surface area contributed by atoms with E-state index >= 15 is 0 Å². The first-order valence-corrected chi connectivity index (χ1v) is 9.63. The number of hydrogen-bond acceptors (Lipinski definition) is 5. The van der Waals surface area contributed by atoms with Gasteiger partial charge in [0.15, 0.2) is 0 Å². The summed E-state index contributed by atoms with van der Waals surface area (Å²) in [6, 6.07) is 1.75. The minimum atomic E-state index is -0.538. The molecule has 28 heavy (non-hydrogen) atoms. The van der Waals surface area contributed by atoms with Crippen molar-refractivity contribution in [1.82, 2.24) is 14.4 Å². The van der Waals surface area contributed by atoms with E-state index in [-0.39, 0.29) is 24.5 Å². The standard InChI is InChI=1S/C20H31N3O5/c1-7-27-18(25)16-12-14(2)23(15(16)3)13-17(24)21-8-10-22(11-9-21)19(26)28-20(4,5)6/h12H,7-11,13H2,1-6H3. The van der Waals surface area contributed by atoms with Gasteiger partial charge < -0.3 is 23.8 Å². The van der Waals surface area contributed by atoms with Gasteiger partial charge >= 0.3 is 12.1 Å². The van der Waals surface area contributed by atoms with Gasteiger partial charge in [-0.15, -0.1) is 0 Å². The average molecular weight is 393 g/mol. The second-order valence-corrected chi connectivity index (χ2v) is 7.94. The van der Waals surface area contributed by atoms with Crippen molar-refractivity contribution in [2.75, 3.05) is 32.8 Å². The highest BCUT2D eigenvalue weighted by Gasteiger charge is 2.28. The highest BCUT2D eigenvalue weighted by molar-refractivity contribution is 5.91. The highest BCUT2D eigenvalue weighted by Crippen LogP contribution is 2.17. The number of piperazine rings is 1. The molecule has 1 fully saturated rings. The molecule has 1 saturated heterocycles. The van der Waals surface area contributed by atoms with Crippen molar-refractivity contribution >= 4 is 18.0 Å². The van der Waals surface area contributed by atoms with Crippen LogP contribution < -0.4 is 0 Å². The fourth-order valence-corrected chi connectivity index (χ4v) is 3.16. The van der Waals surface area contributed by atoms with Crippen LogP contribution in [0.4, 0.5) is 4.79 Å². The summed E-state index contributed by atoms with van der Waals surface area (Å²) < 4.78 is 12.3. The molecule has 0 spiro atoms. The maximum atomic E-state index is 12.7. The predicted molar refractivity (Wildman–Crippen MR) is 104 cm³/mol. The fourth-order valence-electron chi connectivity index (χ4n) is 3.16. The molecule has 0 bridgehead atoms. The number of carbonyl (C=O) groups excluding carboxylic acids is 3. The van der Waals surface area contributed by atoms with Crippen LogP contribution in [0.3, 0.4) is 0 Å². The van der Waals surface area contributed by atoms with Gasteiger partial charge in [-0.05, 0) is 47.6 Å². The van der Waals surface area contributed by atoms with E-state index in [0.717, 1.165) is 11.4 Å². The maximum absolute atomic E-state index is 12.7. The number of esters is 1. The van der Waals surface area contributed by atoms with E-state index in [2.05, 4.69) is 0 Å². The predicted octanol–water partition coefficient (Wildman–Crippen LogP) is 2.36. The third-order valence-electron chi connectivity index (χ3n) is 4.65. The minimum Gasteiger partial charge on any atom is -0.462 e. The van der Waals surface area contributed by atoms with Gasteiger partial charge in [-0.25, -0.2) is 9.59 Å². The lowest BCUT2D eigenvalue weighted by Gasteiger charge is -2.35. The number of aryl methyl sites for hydroxylation is 1. The Labute approximate surface area is 166 Å². The van der Waals surface area contributed by atoms with Gasteiger partial charge in [0.1, 0.15) is 12.1 Å². The number of carbonyl (C=O) groups is 3. The molecule has 0 saturated carbocycles. The van der Waals surface area contributed by atoms with Crippen molar-refractivity contribution in [3.63, 3.8) is 0 Å². The molecule has 0 atom stereocenters. The van der Waals surface area contributed by atoms with Crippen molar-refractivity contribution in [1.29, 1.82) is 0 Å². The Morgan fingerprint density at radius 3 is 2.14 bits per heavy atom. The molecule has 2 amide bonds. The van der Waals surface area contributed by atoms with Crippen molar-refractivity contribution in [3.05, 3.63) is 23.0 Å². The molecule has 8 heteroatoms. The van der Waals surface area contributed by atoms with Crippen LogP contribution in [-0.2, 0) is 20.8 Å². The topological polar surface area (TPSA) is 81.1 Å². The van der Waals surface area contributed by atoms with E-state index in [4.69, 9.17) is 9.47 Å². The van der Waals surface area contributed by atoms with Crippen LogP contribution >= 0.6 is 0 Å². The molecular weight excluding hydrogens is 362 g/mol. The van der Waals surface area contributed by atoms with Gasteiger partial charge in [0.2, 0.25) is 5.91 Å². The molecule has 2 heterocycles. The minimum absolute atomic E-state index is 0.0407. The van der Waals surface area contributed by atoms with Gasteiger partial charge in [0.25, 0.3) is 0 Å². The van der Waals surface area contributed by atoms with Gasteiger partial charge in [-0.1, -0.05) is 0 Å². The van der Waals surface area contributed by atoms with E-state index in [1.807, 2.05) is 39.2 Å². The smallest absolute Gasteiger partial charge is 0.410 e. The van der Waals surface area contributed by atoms with Crippen molar-refractivity contribution in [2.24, 2.45) is 0 Å². The molecule has 0 N–H and O–H groups in total. The van der Waals surface area contributed by atoms with E-state index in [1.165, 1.54) is 0 Å².